The van der Waals surface area contributed by atoms with Crippen molar-refractivity contribution in [3.8, 4) is 0 Å². The summed E-state index contributed by atoms with van der Waals surface area (Å²) >= 11 is 0. The molecular formula is C11H23NO4S. The molecule has 1 fully saturated rings. The molecule has 1 saturated carbocycles. The van der Waals surface area contributed by atoms with Gasteiger partial charge in [0.2, 0.25) is 10.0 Å². The van der Waals surface area contributed by atoms with Gasteiger partial charge in [0.25, 0.3) is 0 Å². The van der Waals surface area contributed by atoms with E-state index >= 15 is 0 Å². The first-order chi connectivity index (χ1) is 7.90. The lowest BCUT2D eigenvalue weighted by Gasteiger charge is -2.28. The van der Waals surface area contributed by atoms with Gasteiger partial charge in [-0.1, -0.05) is 12.8 Å². The highest BCUT2D eigenvalue weighted by Crippen LogP contribution is 2.30. The number of ether oxygens (including phenoxy) is 1. The van der Waals surface area contributed by atoms with Crippen molar-refractivity contribution in [3.05, 3.63) is 0 Å². The van der Waals surface area contributed by atoms with Crippen LogP contribution in [-0.2, 0) is 14.8 Å². The largest absolute Gasteiger partial charge is 0.389 e. The van der Waals surface area contributed by atoms with E-state index in [1.165, 1.54) is 11.4 Å². The lowest BCUT2D eigenvalue weighted by Crippen LogP contribution is -2.43. The van der Waals surface area contributed by atoms with E-state index in [2.05, 4.69) is 0 Å². The van der Waals surface area contributed by atoms with Crippen molar-refractivity contribution in [2.24, 2.45) is 0 Å². The molecule has 0 radical (unpaired) electrons. The minimum atomic E-state index is -3.31. The van der Waals surface area contributed by atoms with Gasteiger partial charge in [-0.05, 0) is 19.8 Å². The molecule has 0 saturated heterocycles. The molecule has 0 amide bonds. The van der Waals surface area contributed by atoms with Gasteiger partial charge in [0, 0.05) is 20.2 Å². The van der Waals surface area contributed by atoms with Gasteiger partial charge in [-0.2, -0.15) is 0 Å². The van der Waals surface area contributed by atoms with Crippen LogP contribution in [0.5, 0.6) is 0 Å². The van der Waals surface area contributed by atoms with Crippen molar-refractivity contribution in [2.45, 2.75) is 38.2 Å². The summed E-state index contributed by atoms with van der Waals surface area (Å²) in [6.45, 7) is 2.75. The highest BCUT2D eigenvalue weighted by atomic mass is 32.2. The highest BCUT2D eigenvalue weighted by molar-refractivity contribution is 7.89. The van der Waals surface area contributed by atoms with E-state index in [9.17, 15) is 13.5 Å². The Hall–Kier alpha value is -0.170. The van der Waals surface area contributed by atoms with Gasteiger partial charge < -0.3 is 9.84 Å². The zero-order chi connectivity index (χ0) is 12.9. The fourth-order valence-corrected chi connectivity index (χ4v) is 3.25. The minimum Gasteiger partial charge on any atom is -0.389 e. The molecule has 1 aliphatic rings. The molecule has 0 aromatic heterocycles. The van der Waals surface area contributed by atoms with Gasteiger partial charge in [0.05, 0.1) is 18.0 Å². The quantitative estimate of drug-likeness (QED) is 0.684. The van der Waals surface area contributed by atoms with Gasteiger partial charge in [0.15, 0.2) is 0 Å². The Morgan fingerprint density at radius 2 is 1.94 bits per heavy atom. The van der Waals surface area contributed by atoms with Crippen molar-refractivity contribution in [1.82, 2.24) is 4.31 Å². The number of aliphatic hydroxyl groups is 1. The van der Waals surface area contributed by atoms with Crippen LogP contribution in [0.15, 0.2) is 0 Å². The maximum atomic E-state index is 11.9. The van der Waals surface area contributed by atoms with E-state index in [0.717, 1.165) is 12.8 Å². The van der Waals surface area contributed by atoms with Crippen LogP contribution >= 0.6 is 0 Å². The first kappa shape index (κ1) is 14.9. The van der Waals surface area contributed by atoms with Crippen molar-refractivity contribution >= 4 is 10.0 Å². The second kappa shape index (κ2) is 6.13. The smallest absolute Gasteiger partial charge is 0.216 e. The Labute approximate surface area is 104 Å². The Balaban J connectivity index is 2.47. The fourth-order valence-electron chi connectivity index (χ4n) is 2.17. The summed E-state index contributed by atoms with van der Waals surface area (Å²) in [6.07, 6.45) is 3.34. The third kappa shape index (κ3) is 4.54. The molecule has 0 aliphatic heterocycles. The molecule has 0 heterocycles. The number of nitrogens with zero attached hydrogens (tertiary/aromatic N) is 1. The highest BCUT2D eigenvalue weighted by Gasteiger charge is 2.35. The molecule has 1 N–H and O–H groups in total. The van der Waals surface area contributed by atoms with Crippen molar-refractivity contribution in [3.63, 3.8) is 0 Å². The summed E-state index contributed by atoms with van der Waals surface area (Å²) in [5.74, 6) is -0.0204. The van der Waals surface area contributed by atoms with E-state index in [-0.39, 0.29) is 18.9 Å². The number of sulfonamides is 1. The SMILES string of the molecule is CCOCCS(=O)(=O)N(C)CC1(O)CCCC1. The van der Waals surface area contributed by atoms with Crippen LogP contribution in [0.4, 0.5) is 0 Å². The predicted molar refractivity (Wildman–Crippen MR) is 66.3 cm³/mol. The number of rotatable bonds is 7. The van der Waals surface area contributed by atoms with Gasteiger partial charge in [-0.25, -0.2) is 12.7 Å². The normalized spacial score (nSPS) is 20.0. The Morgan fingerprint density at radius 1 is 1.35 bits per heavy atom. The summed E-state index contributed by atoms with van der Waals surface area (Å²) in [5, 5.41) is 10.2. The van der Waals surface area contributed by atoms with E-state index in [1.54, 1.807) is 0 Å². The maximum Gasteiger partial charge on any atom is 0.216 e. The van der Waals surface area contributed by atoms with Gasteiger partial charge in [-0.15, -0.1) is 0 Å². The van der Waals surface area contributed by atoms with Crippen LogP contribution in [0, 0.1) is 0 Å². The zero-order valence-electron chi connectivity index (χ0n) is 10.7. The van der Waals surface area contributed by atoms with Crippen LogP contribution < -0.4 is 0 Å². The fraction of sp³-hybridized carbons (Fsp3) is 1.00. The van der Waals surface area contributed by atoms with Crippen LogP contribution in [-0.4, -0.2) is 56.0 Å². The first-order valence-corrected chi connectivity index (χ1v) is 7.75. The molecule has 1 rings (SSSR count). The molecule has 5 nitrogen and oxygen atoms in total. The number of hydrogen-bond donors (Lipinski definition) is 1. The molecule has 0 aromatic rings. The summed E-state index contributed by atoms with van der Waals surface area (Å²) in [7, 11) is -1.78. The van der Waals surface area contributed by atoms with E-state index in [1.807, 2.05) is 6.92 Å². The zero-order valence-corrected chi connectivity index (χ0v) is 11.5. The number of likely N-dealkylation sites (N-methyl/N-ethyl adjacent to an activating group) is 1. The third-order valence-electron chi connectivity index (χ3n) is 3.22. The summed E-state index contributed by atoms with van der Waals surface area (Å²) in [6, 6.07) is 0. The average molecular weight is 265 g/mol. The molecule has 0 unspecified atom stereocenters. The van der Waals surface area contributed by atoms with Crippen LogP contribution in [0.2, 0.25) is 0 Å². The van der Waals surface area contributed by atoms with E-state index in [0.29, 0.717) is 19.4 Å². The third-order valence-corrected chi connectivity index (χ3v) is 4.98. The van der Waals surface area contributed by atoms with Crippen LogP contribution in [0.25, 0.3) is 0 Å². The number of hydrogen-bond acceptors (Lipinski definition) is 4. The summed E-state index contributed by atoms with van der Waals surface area (Å²) in [4.78, 5) is 0. The standard InChI is InChI=1S/C11H23NO4S/c1-3-16-8-9-17(14,15)12(2)10-11(13)6-4-5-7-11/h13H,3-10H2,1-2H3. The van der Waals surface area contributed by atoms with E-state index in [4.69, 9.17) is 4.74 Å². The molecule has 6 heteroatoms. The minimum absolute atomic E-state index is 0.0204. The second-order valence-corrected chi connectivity index (χ2v) is 6.90. The molecule has 0 aromatic carbocycles. The van der Waals surface area contributed by atoms with Crippen molar-refractivity contribution in [1.29, 1.82) is 0 Å². The van der Waals surface area contributed by atoms with Gasteiger partial charge in [0.1, 0.15) is 0 Å². The van der Waals surface area contributed by atoms with Gasteiger partial charge >= 0.3 is 0 Å². The van der Waals surface area contributed by atoms with Crippen molar-refractivity contribution in [2.75, 3.05) is 32.6 Å². The summed E-state index contributed by atoms with van der Waals surface area (Å²) < 4.78 is 30.0. The van der Waals surface area contributed by atoms with Crippen LogP contribution in [0.1, 0.15) is 32.6 Å². The molecular weight excluding hydrogens is 242 g/mol. The molecule has 0 spiro atoms. The Bertz CT molecular complexity index is 322. The van der Waals surface area contributed by atoms with Crippen LogP contribution in [0.3, 0.4) is 0 Å². The second-order valence-electron chi connectivity index (χ2n) is 4.70. The Morgan fingerprint density at radius 3 is 2.47 bits per heavy atom. The Kier molecular flexibility index (Phi) is 5.37. The lowest BCUT2D eigenvalue weighted by molar-refractivity contribution is 0.0332. The molecule has 102 valence electrons. The molecule has 0 atom stereocenters. The van der Waals surface area contributed by atoms with Crippen molar-refractivity contribution < 1.29 is 18.3 Å². The summed E-state index contributed by atoms with van der Waals surface area (Å²) in [5.41, 5.74) is -0.826. The molecule has 0 bridgehead atoms. The van der Waals surface area contributed by atoms with E-state index < -0.39 is 15.6 Å². The van der Waals surface area contributed by atoms with Gasteiger partial charge in [-0.3, -0.25) is 0 Å². The lowest BCUT2D eigenvalue weighted by atomic mass is 10.0. The topological polar surface area (TPSA) is 66.8 Å². The average Bonchev–Trinajstić information content (AvgIpc) is 2.65. The predicted octanol–water partition coefficient (Wildman–Crippen LogP) is 0.590. The molecule has 1 aliphatic carbocycles. The first-order valence-electron chi connectivity index (χ1n) is 6.14. The maximum absolute atomic E-state index is 11.9. The monoisotopic (exact) mass is 265 g/mol. The molecule has 17 heavy (non-hydrogen) atoms.